The van der Waals surface area contributed by atoms with Crippen LogP contribution in [0.4, 0.5) is 0 Å². The number of unbranched alkanes of at least 4 members (excludes halogenated alkanes) is 2. The van der Waals surface area contributed by atoms with Crippen LogP contribution in [0.5, 0.6) is 0 Å². The maximum absolute atomic E-state index is 12.4. The van der Waals surface area contributed by atoms with E-state index in [4.69, 9.17) is 5.73 Å². The van der Waals surface area contributed by atoms with Gasteiger partial charge in [-0.25, -0.2) is 0 Å². The van der Waals surface area contributed by atoms with Crippen molar-refractivity contribution in [2.45, 2.75) is 65.7 Å². The molecule has 0 bridgehead atoms. The Morgan fingerprint density at radius 2 is 1.48 bits per heavy atom. The summed E-state index contributed by atoms with van der Waals surface area (Å²) in [6.07, 6.45) is 6.42. The predicted molar refractivity (Wildman–Crippen MR) is 118 cm³/mol. The number of rotatable bonds is 8. The quantitative estimate of drug-likeness (QED) is 0.380. The minimum atomic E-state index is 0.214. The SMILES string of the molecule is CC(C)CC(=O)N1CCN(C(=O)CCCCCN=C(N)N2CCC(C)CC2)CC1. The van der Waals surface area contributed by atoms with E-state index in [9.17, 15) is 9.59 Å². The third-order valence-corrected chi connectivity index (χ3v) is 6.00. The molecule has 0 aliphatic carbocycles. The molecule has 0 radical (unpaired) electrons. The molecule has 2 fully saturated rings. The Balaban J connectivity index is 1.55. The molecule has 0 atom stereocenters. The number of hydrogen-bond donors (Lipinski definition) is 1. The van der Waals surface area contributed by atoms with Gasteiger partial charge in [-0.2, -0.15) is 0 Å². The summed E-state index contributed by atoms with van der Waals surface area (Å²) in [5, 5.41) is 0. The first kappa shape index (κ1) is 23.5. The minimum Gasteiger partial charge on any atom is -0.370 e. The molecule has 7 heteroatoms. The van der Waals surface area contributed by atoms with E-state index in [1.807, 2.05) is 9.80 Å². The average molecular weight is 408 g/mol. The highest BCUT2D eigenvalue weighted by atomic mass is 16.2. The Bertz CT molecular complexity index is 547. The molecule has 166 valence electrons. The molecule has 2 rings (SSSR count). The van der Waals surface area contributed by atoms with E-state index >= 15 is 0 Å². The van der Waals surface area contributed by atoms with E-state index in [1.165, 1.54) is 12.8 Å². The van der Waals surface area contributed by atoms with Gasteiger partial charge >= 0.3 is 0 Å². The number of piperidine rings is 1. The van der Waals surface area contributed by atoms with Crippen molar-refractivity contribution < 1.29 is 9.59 Å². The zero-order valence-corrected chi connectivity index (χ0v) is 18.7. The first-order valence-corrected chi connectivity index (χ1v) is 11.5. The molecule has 0 unspecified atom stereocenters. The summed E-state index contributed by atoms with van der Waals surface area (Å²) in [5.41, 5.74) is 6.10. The van der Waals surface area contributed by atoms with Gasteiger partial charge in [0.2, 0.25) is 11.8 Å². The topological polar surface area (TPSA) is 82.2 Å². The van der Waals surface area contributed by atoms with Crippen LogP contribution in [0.2, 0.25) is 0 Å². The first-order valence-electron chi connectivity index (χ1n) is 11.5. The zero-order valence-electron chi connectivity index (χ0n) is 18.7. The van der Waals surface area contributed by atoms with Crippen molar-refractivity contribution in [2.75, 3.05) is 45.8 Å². The number of nitrogens with two attached hydrogens (primary N) is 1. The number of aliphatic imine (C=N–C) groups is 1. The average Bonchev–Trinajstić information content (AvgIpc) is 2.70. The molecular weight excluding hydrogens is 366 g/mol. The Kier molecular flexibility index (Phi) is 9.74. The summed E-state index contributed by atoms with van der Waals surface area (Å²) in [4.78, 5) is 35.0. The standard InChI is InChI=1S/C22H41N5O2/c1-18(2)17-21(29)26-15-13-25(14-16-26)20(28)7-5-4-6-10-24-22(23)27-11-8-19(3)9-12-27/h18-19H,4-17H2,1-3H3,(H2,23,24). The second-order valence-electron chi connectivity index (χ2n) is 9.08. The highest BCUT2D eigenvalue weighted by Crippen LogP contribution is 2.15. The third-order valence-electron chi connectivity index (χ3n) is 6.00. The first-order chi connectivity index (χ1) is 13.9. The van der Waals surface area contributed by atoms with Crippen LogP contribution in [0, 0.1) is 11.8 Å². The molecule has 2 amide bonds. The fraction of sp³-hybridized carbons (Fsp3) is 0.864. The molecule has 2 N–H and O–H groups in total. The molecule has 0 aromatic heterocycles. The number of likely N-dealkylation sites (tertiary alicyclic amines) is 1. The van der Waals surface area contributed by atoms with Gasteiger partial charge in [0.25, 0.3) is 0 Å². The molecule has 0 spiro atoms. The summed E-state index contributed by atoms with van der Waals surface area (Å²) >= 11 is 0. The lowest BCUT2D eigenvalue weighted by Crippen LogP contribution is -2.50. The molecule has 2 heterocycles. The molecule has 2 aliphatic heterocycles. The maximum Gasteiger partial charge on any atom is 0.222 e. The largest absolute Gasteiger partial charge is 0.370 e. The van der Waals surface area contributed by atoms with Crippen LogP contribution < -0.4 is 5.73 Å². The van der Waals surface area contributed by atoms with Crippen molar-refractivity contribution in [1.29, 1.82) is 0 Å². The van der Waals surface area contributed by atoms with Crippen molar-refractivity contribution in [3.05, 3.63) is 0 Å². The van der Waals surface area contributed by atoms with Crippen molar-refractivity contribution in [3.63, 3.8) is 0 Å². The van der Waals surface area contributed by atoms with E-state index in [1.54, 1.807) is 0 Å². The number of amides is 2. The Hall–Kier alpha value is -1.79. The molecule has 2 saturated heterocycles. The molecule has 2 aliphatic rings. The van der Waals surface area contributed by atoms with Crippen molar-refractivity contribution in [1.82, 2.24) is 14.7 Å². The molecule has 0 aromatic carbocycles. The number of piperazine rings is 1. The van der Waals surface area contributed by atoms with Crippen molar-refractivity contribution in [2.24, 2.45) is 22.6 Å². The van der Waals surface area contributed by atoms with Crippen LogP contribution in [0.3, 0.4) is 0 Å². The van der Waals surface area contributed by atoms with Gasteiger partial charge in [-0.05, 0) is 37.5 Å². The van der Waals surface area contributed by atoms with Gasteiger partial charge in [-0.3, -0.25) is 14.6 Å². The normalized spacial score (nSPS) is 19.2. The number of carbonyl (C=O) groups is 2. The van der Waals surface area contributed by atoms with Crippen LogP contribution in [-0.2, 0) is 9.59 Å². The highest BCUT2D eigenvalue weighted by molar-refractivity contribution is 5.79. The van der Waals surface area contributed by atoms with E-state index in [0.717, 1.165) is 44.8 Å². The van der Waals surface area contributed by atoms with Gasteiger partial charge in [-0.1, -0.05) is 27.2 Å². The van der Waals surface area contributed by atoms with E-state index in [0.29, 0.717) is 50.9 Å². The molecule has 0 aromatic rings. The van der Waals surface area contributed by atoms with E-state index in [2.05, 4.69) is 30.7 Å². The van der Waals surface area contributed by atoms with Crippen LogP contribution in [0.15, 0.2) is 4.99 Å². The zero-order chi connectivity index (χ0) is 21.2. The number of carbonyl (C=O) groups excluding carboxylic acids is 2. The second kappa shape index (κ2) is 12.0. The predicted octanol–water partition coefficient (Wildman–Crippen LogP) is 2.31. The lowest BCUT2D eigenvalue weighted by molar-refractivity contribution is -0.140. The van der Waals surface area contributed by atoms with Crippen molar-refractivity contribution >= 4 is 17.8 Å². The number of nitrogens with zero attached hydrogens (tertiary/aromatic N) is 4. The van der Waals surface area contributed by atoms with E-state index < -0.39 is 0 Å². The molecule has 0 saturated carbocycles. The molecule has 7 nitrogen and oxygen atoms in total. The van der Waals surface area contributed by atoms with Crippen LogP contribution in [-0.4, -0.2) is 78.3 Å². The Morgan fingerprint density at radius 1 is 0.897 bits per heavy atom. The van der Waals surface area contributed by atoms with Gasteiger partial charge in [0.05, 0.1) is 0 Å². The summed E-state index contributed by atoms with van der Waals surface area (Å²) in [6, 6.07) is 0. The van der Waals surface area contributed by atoms with Gasteiger partial charge < -0.3 is 20.4 Å². The van der Waals surface area contributed by atoms with Gasteiger partial charge in [0, 0.05) is 58.7 Å². The van der Waals surface area contributed by atoms with Crippen LogP contribution in [0.1, 0.15) is 65.7 Å². The second-order valence-corrected chi connectivity index (χ2v) is 9.08. The van der Waals surface area contributed by atoms with Gasteiger partial charge in [-0.15, -0.1) is 0 Å². The molecule has 29 heavy (non-hydrogen) atoms. The monoisotopic (exact) mass is 407 g/mol. The van der Waals surface area contributed by atoms with Gasteiger partial charge in [0.15, 0.2) is 5.96 Å². The van der Waals surface area contributed by atoms with Gasteiger partial charge in [0.1, 0.15) is 0 Å². The summed E-state index contributed by atoms with van der Waals surface area (Å²) in [5.74, 6) is 2.28. The van der Waals surface area contributed by atoms with E-state index in [-0.39, 0.29) is 11.8 Å². The fourth-order valence-corrected chi connectivity index (χ4v) is 3.94. The smallest absolute Gasteiger partial charge is 0.222 e. The lowest BCUT2D eigenvalue weighted by atomic mass is 10.00. The highest BCUT2D eigenvalue weighted by Gasteiger charge is 2.24. The summed E-state index contributed by atoms with van der Waals surface area (Å²) in [7, 11) is 0. The van der Waals surface area contributed by atoms with Crippen LogP contribution in [0.25, 0.3) is 0 Å². The Labute approximate surface area is 176 Å². The third kappa shape index (κ3) is 8.23. The number of guanidine groups is 1. The lowest BCUT2D eigenvalue weighted by Gasteiger charge is -2.35. The summed E-state index contributed by atoms with van der Waals surface area (Å²) < 4.78 is 0. The Morgan fingerprint density at radius 3 is 2.07 bits per heavy atom. The molecular formula is C22H41N5O2. The maximum atomic E-state index is 12.4. The fourth-order valence-electron chi connectivity index (χ4n) is 3.94. The number of hydrogen-bond acceptors (Lipinski definition) is 3. The van der Waals surface area contributed by atoms with Crippen LogP contribution >= 0.6 is 0 Å². The minimum absolute atomic E-state index is 0.214. The summed E-state index contributed by atoms with van der Waals surface area (Å²) in [6.45, 7) is 11.8. The van der Waals surface area contributed by atoms with Crippen molar-refractivity contribution in [3.8, 4) is 0 Å².